The second-order valence-electron chi connectivity index (χ2n) is 10.6. The Labute approximate surface area is 209 Å². The first-order chi connectivity index (χ1) is 17.2. The highest BCUT2D eigenvalue weighted by Crippen LogP contribution is 2.39. The number of benzene rings is 1. The summed E-state index contributed by atoms with van der Waals surface area (Å²) in [6, 6.07) is 3.70. The summed E-state index contributed by atoms with van der Waals surface area (Å²) < 4.78 is 31.4. The van der Waals surface area contributed by atoms with Crippen LogP contribution in [0.3, 0.4) is 0 Å². The molecule has 3 aromatic rings. The number of nitrogens with zero attached hydrogens (tertiary/aromatic N) is 7. The molecule has 3 atom stereocenters. The third-order valence-corrected chi connectivity index (χ3v) is 7.64. The van der Waals surface area contributed by atoms with Crippen molar-refractivity contribution in [3.8, 4) is 5.69 Å². The number of piperidine rings is 1. The van der Waals surface area contributed by atoms with Crippen LogP contribution in [0.4, 0.5) is 26.2 Å². The minimum Gasteiger partial charge on any atom is -0.365 e. The van der Waals surface area contributed by atoms with Crippen LogP contribution in [0.15, 0.2) is 24.7 Å². The second kappa shape index (κ2) is 9.68. The lowest BCUT2D eigenvalue weighted by Gasteiger charge is -2.47. The van der Waals surface area contributed by atoms with Gasteiger partial charge in [-0.2, -0.15) is 4.98 Å². The maximum absolute atomic E-state index is 15.1. The molecule has 5 rings (SSSR count). The van der Waals surface area contributed by atoms with Gasteiger partial charge in [-0.1, -0.05) is 13.8 Å². The number of aromatic nitrogens is 6. The van der Waals surface area contributed by atoms with E-state index in [1.54, 1.807) is 6.07 Å². The van der Waals surface area contributed by atoms with E-state index in [4.69, 9.17) is 0 Å². The van der Waals surface area contributed by atoms with Crippen molar-refractivity contribution in [2.24, 2.45) is 0 Å². The summed E-state index contributed by atoms with van der Waals surface area (Å²) in [5.74, 6) is -0.665. The maximum atomic E-state index is 15.1. The van der Waals surface area contributed by atoms with E-state index in [1.807, 2.05) is 13.8 Å². The van der Waals surface area contributed by atoms with Crippen LogP contribution in [-0.2, 0) is 0 Å². The Balaban J connectivity index is 1.40. The number of halogens is 2. The fourth-order valence-corrected chi connectivity index (χ4v) is 5.72. The summed E-state index contributed by atoms with van der Waals surface area (Å²) in [4.78, 5) is 11.0. The zero-order chi connectivity index (χ0) is 25.4. The number of rotatable bonds is 7. The Kier molecular flexibility index (Phi) is 6.59. The first-order valence-corrected chi connectivity index (χ1v) is 12.6. The maximum Gasteiger partial charge on any atom is 0.229 e. The number of nitrogens with one attached hydrogen (secondary N) is 2. The fraction of sp³-hybridized carbons (Fsp3) is 0.560. The van der Waals surface area contributed by atoms with Crippen molar-refractivity contribution in [3.63, 3.8) is 0 Å². The molecular formula is C25H33F2N9. The lowest BCUT2D eigenvalue weighted by molar-refractivity contribution is 0.0500. The summed E-state index contributed by atoms with van der Waals surface area (Å²) in [7, 11) is 0. The second-order valence-corrected chi connectivity index (χ2v) is 10.6. The van der Waals surface area contributed by atoms with Gasteiger partial charge >= 0.3 is 0 Å². The van der Waals surface area contributed by atoms with Crippen molar-refractivity contribution in [2.75, 3.05) is 17.2 Å². The molecule has 2 aliphatic rings. The van der Waals surface area contributed by atoms with E-state index in [0.717, 1.165) is 44.0 Å². The number of hydrogen-bond donors (Lipinski definition) is 2. The van der Waals surface area contributed by atoms with Crippen LogP contribution in [0.5, 0.6) is 0 Å². The van der Waals surface area contributed by atoms with Gasteiger partial charge in [-0.05, 0) is 86.5 Å². The fourth-order valence-electron chi connectivity index (χ4n) is 5.72. The third-order valence-electron chi connectivity index (χ3n) is 7.64. The minimum atomic E-state index is -0.533. The molecule has 2 aliphatic heterocycles. The number of anilines is 3. The van der Waals surface area contributed by atoms with Crippen molar-refractivity contribution in [1.29, 1.82) is 0 Å². The van der Waals surface area contributed by atoms with Crippen molar-refractivity contribution < 1.29 is 8.78 Å². The van der Waals surface area contributed by atoms with E-state index < -0.39 is 11.6 Å². The molecule has 0 saturated carbocycles. The van der Waals surface area contributed by atoms with Gasteiger partial charge in [-0.3, -0.25) is 4.90 Å². The van der Waals surface area contributed by atoms with Crippen molar-refractivity contribution in [3.05, 3.63) is 41.9 Å². The minimum absolute atomic E-state index is 0.0365. The van der Waals surface area contributed by atoms with Gasteiger partial charge in [0, 0.05) is 17.6 Å². The molecule has 0 radical (unpaired) electrons. The first-order valence-electron chi connectivity index (χ1n) is 12.6. The van der Waals surface area contributed by atoms with E-state index >= 15 is 4.39 Å². The molecule has 4 heterocycles. The quantitative estimate of drug-likeness (QED) is 0.480. The van der Waals surface area contributed by atoms with E-state index in [1.165, 1.54) is 23.5 Å². The molecule has 9 nitrogen and oxygen atoms in total. The highest BCUT2D eigenvalue weighted by Gasteiger charge is 2.43. The van der Waals surface area contributed by atoms with Gasteiger partial charge in [0.05, 0.1) is 17.6 Å². The Hall–Kier alpha value is -3.21. The van der Waals surface area contributed by atoms with Crippen molar-refractivity contribution in [1.82, 2.24) is 35.1 Å². The van der Waals surface area contributed by atoms with Crippen molar-refractivity contribution >= 4 is 17.5 Å². The molecule has 36 heavy (non-hydrogen) atoms. The van der Waals surface area contributed by atoms with Gasteiger partial charge < -0.3 is 10.6 Å². The molecule has 3 unspecified atom stereocenters. The van der Waals surface area contributed by atoms with E-state index in [2.05, 4.69) is 54.9 Å². The average Bonchev–Trinajstić information content (AvgIpc) is 3.54. The summed E-state index contributed by atoms with van der Waals surface area (Å²) in [5.41, 5.74) is 1.64. The third kappa shape index (κ3) is 4.76. The SMILES string of the molecule is CCC(C)c1cc(F)c(Nc2ncc(F)c(NC3CC4CCCN4C(C)(C)C3)n2)cc1-n1cnnn1. The lowest BCUT2D eigenvalue weighted by atomic mass is 9.84. The zero-order valence-corrected chi connectivity index (χ0v) is 21.2. The normalized spacial score (nSPS) is 22.3. The van der Waals surface area contributed by atoms with E-state index in [0.29, 0.717) is 11.7 Å². The highest BCUT2D eigenvalue weighted by molar-refractivity contribution is 5.62. The summed E-state index contributed by atoms with van der Waals surface area (Å²) in [6.07, 6.45) is 7.60. The largest absolute Gasteiger partial charge is 0.365 e. The van der Waals surface area contributed by atoms with Gasteiger partial charge in [-0.25, -0.2) is 18.4 Å². The molecule has 0 aliphatic carbocycles. The molecule has 0 bridgehead atoms. The molecule has 11 heteroatoms. The van der Waals surface area contributed by atoms with Gasteiger partial charge in [0.15, 0.2) is 11.6 Å². The molecule has 0 spiro atoms. The molecule has 2 aromatic heterocycles. The molecule has 0 amide bonds. The van der Waals surface area contributed by atoms with Crippen molar-refractivity contribution in [2.45, 2.75) is 83.3 Å². The molecular weight excluding hydrogens is 464 g/mol. The predicted octanol–water partition coefficient (Wildman–Crippen LogP) is 4.80. The van der Waals surface area contributed by atoms with Gasteiger partial charge in [0.2, 0.25) is 5.95 Å². The Bertz CT molecular complexity index is 1210. The monoisotopic (exact) mass is 497 g/mol. The number of fused-ring (bicyclic) bond motifs is 1. The standard InChI is InChI=1S/C25H33F2N9/c1-5-15(2)18-10-19(26)21(11-22(18)36-14-29-33-34-36)31-24-28-13-20(27)23(32-24)30-16-9-17-7-6-8-35(17)25(3,4)12-16/h10-11,13-17H,5-9,12H2,1-4H3,(H2,28,30,31,32). The van der Waals surface area contributed by atoms with Crippen LogP contribution < -0.4 is 10.6 Å². The molecule has 2 fully saturated rings. The van der Waals surface area contributed by atoms with Crippen LogP contribution in [0.25, 0.3) is 5.69 Å². The number of hydrogen-bond acceptors (Lipinski definition) is 8. The van der Waals surface area contributed by atoms with Gasteiger partial charge in [0.1, 0.15) is 12.1 Å². The molecule has 2 N–H and O–H groups in total. The smallest absolute Gasteiger partial charge is 0.229 e. The lowest BCUT2D eigenvalue weighted by Crippen LogP contribution is -2.55. The Morgan fingerprint density at radius 3 is 2.81 bits per heavy atom. The summed E-state index contributed by atoms with van der Waals surface area (Å²) in [5, 5.41) is 17.6. The molecule has 1 aromatic carbocycles. The van der Waals surface area contributed by atoms with Crippen LogP contribution in [-0.4, -0.2) is 59.2 Å². The summed E-state index contributed by atoms with van der Waals surface area (Å²) >= 11 is 0. The predicted molar refractivity (Wildman–Crippen MR) is 134 cm³/mol. The molecule has 2 saturated heterocycles. The van der Waals surface area contributed by atoms with Gasteiger partial charge in [-0.15, -0.1) is 5.10 Å². The average molecular weight is 498 g/mol. The zero-order valence-electron chi connectivity index (χ0n) is 21.2. The van der Waals surface area contributed by atoms with Crippen LogP contribution >= 0.6 is 0 Å². The van der Waals surface area contributed by atoms with E-state index in [9.17, 15) is 4.39 Å². The highest BCUT2D eigenvalue weighted by atomic mass is 19.1. The molecule has 192 valence electrons. The Morgan fingerprint density at radius 2 is 2.06 bits per heavy atom. The number of tetrazole rings is 1. The topological polar surface area (TPSA) is 96.7 Å². The van der Waals surface area contributed by atoms with Crippen LogP contribution in [0.1, 0.15) is 71.3 Å². The van der Waals surface area contributed by atoms with E-state index in [-0.39, 0.29) is 35.0 Å². The van der Waals surface area contributed by atoms with Crippen LogP contribution in [0.2, 0.25) is 0 Å². The van der Waals surface area contributed by atoms with Gasteiger partial charge in [0.25, 0.3) is 0 Å². The Morgan fingerprint density at radius 1 is 1.22 bits per heavy atom. The summed E-state index contributed by atoms with van der Waals surface area (Å²) in [6.45, 7) is 9.67. The van der Waals surface area contributed by atoms with Crippen LogP contribution in [0, 0.1) is 11.6 Å². The first kappa shape index (κ1) is 24.5.